The first-order valence-corrected chi connectivity index (χ1v) is 8.09. The van der Waals surface area contributed by atoms with E-state index in [9.17, 15) is 9.90 Å². The van der Waals surface area contributed by atoms with Crippen LogP contribution in [-0.4, -0.2) is 54.2 Å². The number of nitrogens with zero attached hydrogens (tertiary/aromatic N) is 3. The maximum atomic E-state index is 12.0. The van der Waals surface area contributed by atoms with Crippen molar-refractivity contribution in [1.29, 1.82) is 0 Å². The van der Waals surface area contributed by atoms with Gasteiger partial charge in [-0.3, -0.25) is 0 Å². The molecule has 1 fully saturated rings. The zero-order valence-electron chi connectivity index (χ0n) is 14.3. The van der Waals surface area contributed by atoms with E-state index in [0.717, 1.165) is 5.69 Å². The Kier molecular flexibility index (Phi) is 4.85. The molecule has 0 amide bonds. The second-order valence-electron chi connectivity index (χ2n) is 5.99. The van der Waals surface area contributed by atoms with Crippen LogP contribution in [0.25, 0.3) is 11.3 Å². The predicted octanol–water partition coefficient (Wildman–Crippen LogP) is 2.01. The van der Waals surface area contributed by atoms with Crippen LogP contribution in [0.5, 0.6) is 5.75 Å². The molecule has 2 heterocycles. The van der Waals surface area contributed by atoms with Crippen molar-refractivity contribution in [3.63, 3.8) is 0 Å². The Morgan fingerprint density at radius 1 is 1.24 bits per heavy atom. The lowest BCUT2D eigenvalue weighted by molar-refractivity contribution is -0.168. The Morgan fingerprint density at radius 2 is 1.96 bits per heavy atom. The summed E-state index contributed by atoms with van der Waals surface area (Å²) in [5, 5.41) is 18.2. The van der Waals surface area contributed by atoms with Crippen LogP contribution in [0.1, 0.15) is 12.8 Å². The molecule has 0 saturated carbocycles. The van der Waals surface area contributed by atoms with Gasteiger partial charge in [-0.05, 0) is 18.2 Å². The molecule has 1 saturated heterocycles. The van der Waals surface area contributed by atoms with E-state index in [1.54, 1.807) is 24.4 Å². The van der Waals surface area contributed by atoms with Gasteiger partial charge in [0.05, 0.1) is 24.7 Å². The highest BCUT2D eigenvalue weighted by Crippen LogP contribution is 2.32. The van der Waals surface area contributed by atoms with Gasteiger partial charge in [-0.15, -0.1) is 0 Å². The number of methoxy groups -OCH3 is 2. The highest BCUT2D eigenvalue weighted by atomic mass is 16.6. The monoisotopic (exact) mass is 343 g/mol. The number of ether oxygens (including phenoxy) is 2. The number of phenolic OH excluding ortho intramolecular Hbond substituents is 1. The number of aromatic nitrogens is 2. The molecule has 7 nitrogen and oxygen atoms in total. The van der Waals surface area contributed by atoms with Crippen LogP contribution >= 0.6 is 0 Å². The zero-order valence-corrected chi connectivity index (χ0v) is 14.3. The molecule has 2 aromatic rings. The number of piperidine rings is 1. The first kappa shape index (κ1) is 17.2. The van der Waals surface area contributed by atoms with Gasteiger partial charge >= 0.3 is 5.97 Å². The molecule has 0 unspecified atom stereocenters. The molecule has 1 aromatic heterocycles. The summed E-state index contributed by atoms with van der Waals surface area (Å²) in [6.07, 6.45) is 2.75. The predicted molar refractivity (Wildman–Crippen MR) is 92.3 cm³/mol. The number of esters is 1. The van der Waals surface area contributed by atoms with E-state index >= 15 is 0 Å². The third-order valence-electron chi connectivity index (χ3n) is 4.70. The number of carbonyl (C=O) groups excluding carboxylic acids is 1. The summed E-state index contributed by atoms with van der Waals surface area (Å²) in [5.41, 5.74) is 1.25. The van der Waals surface area contributed by atoms with Crippen molar-refractivity contribution in [2.75, 3.05) is 32.2 Å². The lowest BCUT2D eigenvalue weighted by atomic mass is 9.91. The lowest BCUT2D eigenvalue weighted by Crippen LogP contribution is -2.51. The minimum absolute atomic E-state index is 0.164. The number of phenols is 1. The molecule has 3 rings (SSSR count). The van der Waals surface area contributed by atoms with E-state index in [4.69, 9.17) is 9.47 Å². The molecule has 1 aliphatic heterocycles. The summed E-state index contributed by atoms with van der Waals surface area (Å²) in [6, 6.07) is 8.91. The largest absolute Gasteiger partial charge is 0.507 e. The number of rotatable bonds is 4. The normalized spacial score (nSPS) is 16.5. The van der Waals surface area contributed by atoms with Crippen LogP contribution in [0.2, 0.25) is 0 Å². The lowest BCUT2D eigenvalue weighted by Gasteiger charge is -2.39. The minimum atomic E-state index is -0.883. The summed E-state index contributed by atoms with van der Waals surface area (Å²) in [7, 11) is 2.91. The van der Waals surface area contributed by atoms with Gasteiger partial charge in [0.1, 0.15) is 5.75 Å². The van der Waals surface area contributed by atoms with E-state index in [1.165, 1.54) is 14.2 Å². The summed E-state index contributed by atoms with van der Waals surface area (Å²) in [4.78, 5) is 14.1. The number of para-hydroxylation sites is 1. The Labute approximate surface area is 146 Å². The van der Waals surface area contributed by atoms with Gasteiger partial charge in [-0.1, -0.05) is 12.1 Å². The summed E-state index contributed by atoms with van der Waals surface area (Å²) < 4.78 is 10.3. The van der Waals surface area contributed by atoms with Crippen LogP contribution in [0.15, 0.2) is 36.5 Å². The fourth-order valence-corrected chi connectivity index (χ4v) is 3.15. The topological polar surface area (TPSA) is 84.8 Å². The standard InChI is InChI=1S/C18H21N3O4/c1-24-17(23)18(25-2)7-9-21(10-8-18)13-11-15(20-19-12-13)14-5-3-4-6-16(14)22/h3-6,11-12,22H,7-10H2,1-2H3. The average Bonchev–Trinajstić information content (AvgIpc) is 2.68. The van der Waals surface area contributed by atoms with Gasteiger partial charge in [-0.25, -0.2) is 4.79 Å². The Bertz CT molecular complexity index is 757. The SMILES string of the molecule is COC(=O)C1(OC)CCN(c2cnnc(-c3ccccc3O)c2)CC1. The quantitative estimate of drug-likeness (QED) is 0.850. The van der Waals surface area contributed by atoms with Gasteiger partial charge in [0, 0.05) is 38.6 Å². The van der Waals surface area contributed by atoms with Crippen molar-refractivity contribution in [3.05, 3.63) is 36.5 Å². The van der Waals surface area contributed by atoms with Crippen molar-refractivity contribution >= 4 is 11.7 Å². The number of hydrogen-bond donors (Lipinski definition) is 1. The molecule has 0 aliphatic carbocycles. The highest BCUT2D eigenvalue weighted by molar-refractivity contribution is 5.80. The molecule has 25 heavy (non-hydrogen) atoms. The zero-order chi connectivity index (χ0) is 17.9. The average molecular weight is 343 g/mol. The molecular weight excluding hydrogens is 322 g/mol. The van der Waals surface area contributed by atoms with Crippen molar-refractivity contribution in [3.8, 4) is 17.0 Å². The van der Waals surface area contributed by atoms with Gasteiger partial charge < -0.3 is 19.5 Å². The molecule has 1 aromatic carbocycles. The second-order valence-corrected chi connectivity index (χ2v) is 5.99. The fourth-order valence-electron chi connectivity index (χ4n) is 3.15. The Hall–Kier alpha value is -2.67. The van der Waals surface area contributed by atoms with E-state index in [2.05, 4.69) is 15.1 Å². The Balaban J connectivity index is 1.80. The number of hydrogen-bond acceptors (Lipinski definition) is 7. The number of aromatic hydroxyl groups is 1. The molecule has 132 valence electrons. The smallest absolute Gasteiger partial charge is 0.338 e. The molecule has 0 radical (unpaired) electrons. The summed E-state index contributed by atoms with van der Waals surface area (Å²) >= 11 is 0. The van der Waals surface area contributed by atoms with Crippen LogP contribution in [0, 0.1) is 0 Å². The molecular formula is C18H21N3O4. The molecule has 1 N–H and O–H groups in total. The van der Waals surface area contributed by atoms with Crippen molar-refractivity contribution in [1.82, 2.24) is 10.2 Å². The molecule has 0 spiro atoms. The van der Waals surface area contributed by atoms with Crippen molar-refractivity contribution in [2.24, 2.45) is 0 Å². The first-order chi connectivity index (χ1) is 12.1. The highest BCUT2D eigenvalue weighted by Gasteiger charge is 2.42. The number of benzene rings is 1. The van der Waals surface area contributed by atoms with E-state index in [0.29, 0.717) is 37.2 Å². The van der Waals surface area contributed by atoms with Crippen LogP contribution < -0.4 is 4.90 Å². The number of anilines is 1. The van der Waals surface area contributed by atoms with Gasteiger partial charge in [-0.2, -0.15) is 10.2 Å². The van der Waals surface area contributed by atoms with E-state index in [1.807, 2.05) is 12.1 Å². The van der Waals surface area contributed by atoms with Gasteiger partial charge in [0.25, 0.3) is 0 Å². The minimum Gasteiger partial charge on any atom is -0.507 e. The molecule has 1 aliphatic rings. The summed E-state index contributed by atoms with van der Waals surface area (Å²) in [5.74, 6) is -0.172. The third-order valence-corrected chi connectivity index (χ3v) is 4.70. The van der Waals surface area contributed by atoms with E-state index in [-0.39, 0.29) is 11.7 Å². The summed E-state index contributed by atoms with van der Waals surface area (Å²) in [6.45, 7) is 1.27. The second kappa shape index (κ2) is 7.06. The Morgan fingerprint density at radius 3 is 2.60 bits per heavy atom. The van der Waals surface area contributed by atoms with Crippen molar-refractivity contribution in [2.45, 2.75) is 18.4 Å². The maximum absolute atomic E-state index is 12.0. The van der Waals surface area contributed by atoms with Gasteiger partial charge in [0.2, 0.25) is 0 Å². The van der Waals surface area contributed by atoms with Gasteiger partial charge in [0.15, 0.2) is 5.60 Å². The fraction of sp³-hybridized carbons (Fsp3) is 0.389. The maximum Gasteiger partial charge on any atom is 0.338 e. The molecule has 7 heteroatoms. The van der Waals surface area contributed by atoms with Crippen LogP contribution in [0.3, 0.4) is 0 Å². The van der Waals surface area contributed by atoms with E-state index < -0.39 is 5.60 Å². The van der Waals surface area contributed by atoms with Crippen LogP contribution in [0.4, 0.5) is 5.69 Å². The molecule has 0 bridgehead atoms. The first-order valence-electron chi connectivity index (χ1n) is 8.09. The van der Waals surface area contributed by atoms with Crippen molar-refractivity contribution < 1.29 is 19.4 Å². The van der Waals surface area contributed by atoms with Crippen LogP contribution in [-0.2, 0) is 14.3 Å². The number of carbonyl (C=O) groups is 1. The molecule has 0 atom stereocenters. The third kappa shape index (κ3) is 3.28.